The van der Waals surface area contributed by atoms with E-state index in [1.165, 1.54) is 12.8 Å². The molecule has 112 valence electrons. The first-order chi connectivity index (χ1) is 9.76. The van der Waals surface area contributed by atoms with Gasteiger partial charge in [0.2, 0.25) is 0 Å². The average molecular weight is 278 g/mol. The molecule has 3 nitrogen and oxygen atoms in total. The molecule has 0 aromatic heterocycles. The monoisotopic (exact) mass is 278 g/mol. The molecule has 20 heavy (non-hydrogen) atoms. The molecule has 0 unspecified atom stereocenters. The van der Waals surface area contributed by atoms with Gasteiger partial charge in [-0.2, -0.15) is 0 Å². The van der Waals surface area contributed by atoms with E-state index < -0.39 is 5.79 Å². The van der Waals surface area contributed by atoms with Gasteiger partial charge in [0.05, 0.1) is 17.6 Å². The third kappa shape index (κ3) is 1.75. The number of fused-ring (bicyclic) bond motifs is 2. The van der Waals surface area contributed by atoms with Crippen LogP contribution in [0.25, 0.3) is 0 Å². The lowest BCUT2D eigenvalue weighted by Crippen LogP contribution is -2.57. The molecule has 4 rings (SSSR count). The Morgan fingerprint density at radius 1 is 0.800 bits per heavy atom. The van der Waals surface area contributed by atoms with E-state index in [4.69, 9.17) is 9.47 Å². The summed E-state index contributed by atoms with van der Waals surface area (Å²) < 4.78 is 13.0. The van der Waals surface area contributed by atoms with Gasteiger partial charge in [-0.15, -0.1) is 0 Å². The summed E-state index contributed by atoms with van der Waals surface area (Å²) in [7, 11) is 0. The molecule has 4 fully saturated rings. The van der Waals surface area contributed by atoms with Gasteiger partial charge in [0, 0.05) is 12.8 Å². The fourth-order valence-corrected chi connectivity index (χ4v) is 5.17. The van der Waals surface area contributed by atoms with Gasteiger partial charge >= 0.3 is 0 Å². The molecule has 4 aliphatic rings. The van der Waals surface area contributed by atoms with Crippen molar-refractivity contribution in [1.82, 2.24) is 0 Å². The minimum atomic E-state index is -0.553. The Labute approximate surface area is 121 Å². The smallest absolute Gasteiger partial charge is 0.181 e. The quantitative estimate of drug-likeness (QED) is 0.677. The number of hydrogen-bond acceptors (Lipinski definition) is 3. The van der Waals surface area contributed by atoms with Crippen molar-refractivity contribution in [1.29, 1.82) is 0 Å². The van der Waals surface area contributed by atoms with Crippen LogP contribution in [0.15, 0.2) is 0 Å². The first-order valence-electron chi connectivity index (χ1n) is 8.65. The summed E-state index contributed by atoms with van der Waals surface area (Å²) in [6.07, 6.45) is 13.5. The molecule has 0 amide bonds. The van der Waals surface area contributed by atoms with Crippen molar-refractivity contribution in [3.63, 3.8) is 0 Å². The van der Waals surface area contributed by atoms with E-state index in [1.54, 1.807) is 0 Å². The molecule has 0 bridgehead atoms. The highest BCUT2D eigenvalue weighted by Crippen LogP contribution is 2.58. The van der Waals surface area contributed by atoms with Crippen molar-refractivity contribution in [3.05, 3.63) is 0 Å². The molecule has 3 atom stereocenters. The number of rotatable bonds is 0. The number of hydrogen-bond donors (Lipinski definition) is 0. The second kappa shape index (κ2) is 4.81. The molecule has 0 aromatic carbocycles. The van der Waals surface area contributed by atoms with Crippen LogP contribution in [-0.4, -0.2) is 23.8 Å². The maximum absolute atomic E-state index is 12.8. The van der Waals surface area contributed by atoms with E-state index in [-0.39, 0.29) is 17.6 Å². The van der Waals surface area contributed by atoms with Gasteiger partial charge in [-0.25, -0.2) is 0 Å². The molecule has 0 radical (unpaired) electrons. The zero-order valence-electron chi connectivity index (χ0n) is 12.4. The van der Waals surface area contributed by atoms with Crippen LogP contribution in [0.2, 0.25) is 0 Å². The SMILES string of the molecule is O=C1CCCC[C@@]12CCCCC21O[C@H]2CCCC[C@@H]2O1. The standard InChI is InChI=1S/C17H26O3/c18-15-9-3-4-10-16(15)11-5-6-12-17(16)19-13-7-1-2-8-14(13)20-17/h13-14H,1-12H2/t13-,14-,16+/m0/s1. The zero-order chi connectivity index (χ0) is 13.6. The largest absolute Gasteiger partial charge is 0.343 e. The van der Waals surface area contributed by atoms with Crippen molar-refractivity contribution in [2.75, 3.05) is 0 Å². The van der Waals surface area contributed by atoms with E-state index in [1.807, 2.05) is 0 Å². The van der Waals surface area contributed by atoms with Crippen molar-refractivity contribution >= 4 is 5.78 Å². The predicted molar refractivity (Wildman–Crippen MR) is 75.3 cm³/mol. The average Bonchev–Trinajstić information content (AvgIpc) is 2.84. The number of carbonyl (C=O) groups excluding carboxylic acids is 1. The summed E-state index contributed by atoms with van der Waals surface area (Å²) in [6, 6.07) is 0. The molecule has 1 heterocycles. The van der Waals surface area contributed by atoms with Crippen molar-refractivity contribution in [2.24, 2.45) is 5.41 Å². The van der Waals surface area contributed by atoms with Crippen LogP contribution < -0.4 is 0 Å². The molecular weight excluding hydrogens is 252 g/mol. The lowest BCUT2D eigenvalue weighted by molar-refractivity contribution is -0.265. The van der Waals surface area contributed by atoms with Gasteiger partial charge in [-0.1, -0.05) is 25.7 Å². The van der Waals surface area contributed by atoms with Crippen LogP contribution in [0.1, 0.15) is 77.0 Å². The third-order valence-electron chi connectivity index (χ3n) is 6.21. The molecule has 3 saturated carbocycles. The normalized spacial score (nSPS) is 43.9. The van der Waals surface area contributed by atoms with E-state index in [0.717, 1.165) is 64.2 Å². The van der Waals surface area contributed by atoms with Crippen LogP contribution in [0.4, 0.5) is 0 Å². The number of ketones is 1. The second-order valence-corrected chi connectivity index (χ2v) is 7.27. The minimum Gasteiger partial charge on any atom is -0.343 e. The summed E-state index contributed by atoms with van der Waals surface area (Å²) in [5, 5.41) is 0. The first kappa shape index (κ1) is 13.3. The van der Waals surface area contributed by atoms with E-state index >= 15 is 0 Å². The summed E-state index contributed by atoms with van der Waals surface area (Å²) in [4.78, 5) is 12.8. The summed E-state index contributed by atoms with van der Waals surface area (Å²) >= 11 is 0. The fraction of sp³-hybridized carbons (Fsp3) is 0.941. The molecule has 0 N–H and O–H groups in total. The number of Topliss-reactive ketones (excluding diaryl/α,β-unsaturated/α-hetero) is 1. The topological polar surface area (TPSA) is 35.5 Å². The molecule has 3 heteroatoms. The highest BCUT2D eigenvalue weighted by atomic mass is 16.8. The lowest BCUT2D eigenvalue weighted by Gasteiger charge is -2.51. The number of ether oxygens (including phenoxy) is 2. The molecule has 1 aliphatic heterocycles. The predicted octanol–water partition coefficient (Wildman–Crippen LogP) is 3.74. The Kier molecular flexibility index (Phi) is 3.19. The van der Waals surface area contributed by atoms with Crippen LogP contribution in [-0.2, 0) is 14.3 Å². The van der Waals surface area contributed by atoms with Crippen LogP contribution in [0.3, 0.4) is 0 Å². The zero-order valence-corrected chi connectivity index (χ0v) is 12.4. The lowest BCUT2D eigenvalue weighted by atomic mass is 9.60. The van der Waals surface area contributed by atoms with Gasteiger partial charge in [-0.05, 0) is 38.5 Å². The van der Waals surface area contributed by atoms with E-state index in [0.29, 0.717) is 5.78 Å². The Morgan fingerprint density at radius 3 is 2.05 bits per heavy atom. The molecule has 3 aliphatic carbocycles. The Morgan fingerprint density at radius 2 is 1.40 bits per heavy atom. The number of carbonyl (C=O) groups is 1. The highest BCUT2D eigenvalue weighted by molar-refractivity contribution is 5.86. The minimum absolute atomic E-state index is 0.258. The van der Waals surface area contributed by atoms with Gasteiger partial charge in [0.15, 0.2) is 5.79 Å². The fourth-order valence-electron chi connectivity index (χ4n) is 5.17. The summed E-state index contributed by atoms with van der Waals surface area (Å²) in [6.45, 7) is 0. The molecule has 1 saturated heterocycles. The molecule has 2 spiro atoms. The van der Waals surface area contributed by atoms with Crippen molar-refractivity contribution in [2.45, 2.75) is 95.0 Å². The Balaban J connectivity index is 1.68. The van der Waals surface area contributed by atoms with Gasteiger partial charge in [0.25, 0.3) is 0 Å². The van der Waals surface area contributed by atoms with E-state index in [2.05, 4.69) is 0 Å². The maximum atomic E-state index is 12.8. The third-order valence-corrected chi connectivity index (χ3v) is 6.21. The first-order valence-corrected chi connectivity index (χ1v) is 8.65. The van der Waals surface area contributed by atoms with Crippen molar-refractivity contribution < 1.29 is 14.3 Å². The van der Waals surface area contributed by atoms with Gasteiger partial charge in [0.1, 0.15) is 5.78 Å². The van der Waals surface area contributed by atoms with Crippen LogP contribution >= 0.6 is 0 Å². The van der Waals surface area contributed by atoms with Gasteiger partial charge < -0.3 is 9.47 Å². The molecule has 0 aromatic rings. The van der Waals surface area contributed by atoms with Crippen LogP contribution in [0.5, 0.6) is 0 Å². The maximum Gasteiger partial charge on any atom is 0.181 e. The van der Waals surface area contributed by atoms with Gasteiger partial charge in [-0.3, -0.25) is 4.79 Å². The summed E-state index contributed by atoms with van der Waals surface area (Å²) in [5.74, 6) is -0.121. The second-order valence-electron chi connectivity index (χ2n) is 7.27. The Hall–Kier alpha value is -0.410. The summed E-state index contributed by atoms with van der Waals surface area (Å²) in [5.41, 5.74) is -0.305. The van der Waals surface area contributed by atoms with E-state index in [9.17, 15) is 4.79 Å². The Bertz CT molecular complexity index is 385. The molecular formula is C17H26O3. The van der Waals surface area contributed by atoms with Crippen LogP contribution in [0, 0.1) is 5.41 Å². The highest BCUT2D eigenvalue weighted by Gasteiger charge is 2.64. The van der Waals surface area contributed by atoms with Crippen molar-refractivity contribution in [3.8, 4) is 0 Å².